The number of aryl methyl sites for hydroxylation is 1. The van der Waals surface area contributed by atoms with Crippen molar-refractivity contribution in [1.29, 1.82) is 0 Å². The van der Waals surface area contributed by atoms with E-state index in [1.807, 2.05) is 6.92 Å². The minimum atomic E-state index is -3.87. The van der Waals surface area contributed by atoms with Gasteiger partial charge in [-0.3, -0.25) is 4.79 Å². The number of benzene rings is 1. The van der Waals surface area contributed by atoms with Gasteiger partial charge in [-0.05, 0) is 44.0 Å². The maximum Gasteiger partial charge on any atom is 0.261 e. The third-order valence-electron chi connectivity index (χ3n) is 3.12. The number of amides is 1. The molecule has 112 valence electrons. The van der Waals surface area contributed by atoms with E-state index < -0.39 is 9.05 Å². The molecular formula is C13H18ClNO4S. The first-order chi connectivity index (χ1) is 9.16. The number of halogens is 1. The predicted molar refractivity (Wildman–Crippen MR) is 77.8 cm³/mol. The standard InChI is InChI=1S/C13H18ClNO4S/c1-8-5-11(20(14,17)18)6-12(10(8)3)13(16)15-7-9(2)19-4/h5-6,9H,7H2,1-4H3,(H,15,16). The van der Waals surface area contributed by atoms with Gasteiger partial charge < -0.3 is 10.1 Å². The zero-order valence-corrected chi connectivity index (χ0v) is 13.4. The lowest BCUT2D eigenvalue weighted by atomic mass is 10.0. The van der Waals surface area contributed by atoms with Crippen LogP contribution in [0.5, 0.6) is 0 Å². The van der Waals surface area contributed by atoms with Crippen LogP contribution in [0, 0.1) is 13.8 Å². The molecule has 0 spiro atoms. The molecule has 1 amide bonds. The first-order valence-electron chi connectivity index (χ1n) is 6.03. The lowest BCUT2D eigenvalue weighted by Crippen LogP contribution is -2.32. The van der Waals surface area contributed by atoms with Crippen molar-refractivity contribution in [1.82, 2.24) is 5.32 Å². The van der Waals surface area contributed by atoms with Crippen LogP contribution in [-0.2, 0) is 13.8 Å². The number of hydrogen-bond donors (Lipinski definition) is 1. The van der Waals surface area contributed by atoms with E-state index in [0.29, 0.717) is 17.7 Å². The molecule has 20 heavy (non-hydrogen) atoms. The average molecular weight is 320 g/mol. The molecule has 0 radical (unpaired) electrons. The monoisotopic (exact) mass is 319 g/mol. The van der Waals surface area contributed by atoms with Gasteiger partial charge in [0.25, 0.3) is 15.0 Å². The SMILES string of the molecule is COC(C)CNC(=O)c1cc(S(=O)(=O)Cl)cc(C)c1C. The fourth-order valence-electron chi connectivity index (χ4n) is 1.62. The molecule has 0 fully saturated rings. The van der Waals surface area contributed by atoms with Crippen LogP contribution in [0.4, 0.5) is 0 Å². The second-order valence-electron chi connectivity index (χ2n) is 4.61. The number of methoxy groups -OCH3 is 1. The molecule has 1 rings (SSSR count). The summed E-state index contributed by atoms with van der Waals surface area (Å²) in [6.45, 7) is 5.65. The molecule has 0 saturated carbocycles. The van der Waals surface area contributed by atoms with Crippen LogP contribution in [-0.4, -0.2) is 34.1 Å². The summed E-state index contributed by atoms with van der Waals surface area (Å²) in [5.41, 5.74) is 1.71. The lowest BCUT2D eigenvalue weighted by molar-refractivity contribution is 0.0869. The van der Waals surface area contributed by atoms with Crippen molar-refractivity contribution in [3.05, 3.63) is 28.8 Å². The van der Waals surface area contributed by atoms with E-state index in [1.165, 1.54) is 12.1 Å². The van der Waals surface area contributed by atoms with Crippen molar-refractivity contribution in [3.8, 4) is 0 Å². The molecule has 0 aromatic heterocycles. The fraction of sp³-hybridized carbons (Fsp3) is 0.462. The smallest absolute Gasteiger partial charge is 0.261 e. The first kappa shape index (κ1) is 16.9. The Kier molecular flexibility index (Phi) is 5.56. The Labute approximate surface area is 123 Å². The van der Waals surface area contributed by atoms with Crippen molar-refractivity contribution in [3.63, 3.8) is 0 Å². The highest BCUT2D eigenvalue weighted by atomic mass is 35.7. The molecule has 0 heterocycles. The quantitative estimate of drug-likeness (QED) is 0.842. The zero-order chi connectivity index (χ0) is 15.5. The number of ether oxygens (including phenoxy) is 1. The van der Waals surface area contributed by atoms with Gasteiger partial charge in [0.05, 0.1) is 11.0 Å². The Morgan fingerprint density at radius 3 is 2.50 bits per heavy atom. The van der Waals surface area contributed by atoms with E-state index in [-0.39, 0.29) is 16.9 Å². The topological polar surface area (TPSA) is 72.5 Å². The van der Waals surface area contributed by atoms with Crippen molar-refractivity contribution >= 4 is 25.6 Å². The van der Waals surface area contributed by atoms with Crippen LogP contribution in [0.25, 0.3) is 0 Å². The summed E-state index contributed by atoms with van der Waals surface area (Å²) < 4.78 is 27.8. The molecule has 1 aromatic carbocycles. The van der Waals surface area contributed by atoms with Gasteiger partial charge in [0.1, 0.15) is 0 Å². The van der Waals surface area contributed by atoms with Gasteiger partial charge in [0, 0.05) is 29.9 Å². The lowest BCUT2D eigenvalue weighted by Gasteiger charge is -2.13. The van der Waals surface area contributed by atoms with Crippen molar-refractivity contribution in [2.75, 3.05) is 13.7 Å². The summed E-state index contributed by atoms with van der Waals surface area (Å²) in [7, 11) is 3.01. The largest absolute Gasteiger partial charge is 0.380 e. The Morgan fingerprint density at radius 2 is 2.00 bits per heavy atom. The highest BCUT2D eigenvalue weighted by Crippen LogP contribution is 2.22. The molecule has 1 atom stereocenters. The third-order valence-corrected chi connectivity index (χ3v) is 4.45. The van der Waals surface area contributed by atoms with E-state index in [4.69, 9.17) is 15.4 Å². The third kappa shape index (κ3) is 4.19. The number of nitrogens with one attached hydrogen (secondary N) is 1. The zero-order valence-electron chi connectivity index (χ0n) is 11.9. The van der Waals surface area contributed by atoms with Crippen molar-refractivity contribution in [2.24, 2.45) is 0 Å². The number of carbonyl (C=O) groups is 1. The van der Waals surface area contributed by atoms with Gasteiger partial charge in [0.15, 0.2) is 0 Å². The molecule has 0 aliphatic rings. The molecule has 0 aliphatic heterocycles. The maximum atomic E-state index is 12.1. The van der Waals surface area contributed by atoms with Gasteiger partial charge in [-0.15, -0.1) is 0 Å². The number of hydrogen-bond acceptors (Lipinski definition) is 4. The van der Waals surface area contributed by atoms with E-state index in [9.17, 15) is 13.2 Å². The Bertz CT molecular complexity index is 613. The fourth-order valence-corrected chi connectivity index (χ4v) is 2.46. The molecule has 0 bridgehead atoms. The van der Waals surface area contributed by atoms with E-state index >= 15 is 0 Å². The Balaban J connectivity index is 3.11. The average Bonchev–Trinajstić information content (AvgIpc) is 2.37. The summed E-state index contributed by atoms with van der Waals surface area (Å²) in [6.07, 6.45) is -0.125. The molecule has 1 unspecified atom stereocenters. The number of rotatable bonds is 5. The first-order valence-corrected chi connectivity index (χ1v) is 8.34. The van der Waals surface area contributed by atoms with Crippen LogP contribution in [0.1, 0.15) is 28.4 Å². The van der Waals surface area contributed by atoms with Crippen LogP contribution < -0.4 is 5.32 Å². The van der Waals surface area contributed by atoms with E-state index in [2.05, 4.69) is 5.32 Å². The van der Waals surface area contributed by atoms with Crippen molar-refractivity contribution in [2.45, 2.75) is 31.8 Å². The van der Waals surface area contributed by atoms with E-state index in [0.717, 1.165) is 5.56 Å². The summed E-state index contributed by atoms with van der Waals surface area (Å²) in [5.74, 6) is -0.350. The normalized spacial score (nSPS) is 13.1. The van der Waals surface area contributed by atoms with Crippen LogP contribution in [0.3, 0.4) is 0 Å². The van der Waals surface area contributed by atoms with Crippen molar-refractivity contribution < 1.29 is 17.9 Å². The van der Waals surface area contributed by atoms with Gasteiger partial charge in [-0.1, -0.05) is 0 Å². The summed E-state index contributed by atoms with van der Waals surface area (Å²) in [4.78, 5) is 12.0. The van der Waals surface area contributed by atoms with Crippen LogP contribution in [0.2, 0.25) is 0 Å². The minimum Gasteiger partial charge on any atom is -0.380 e. The number of carbonyl (C=O) groups excluding carboxylic acids is 1. The molecule has 1 N–H and O–H groups in total. The molecular weight excluding hydrogens is 302 g/mol. The van der Waals surface area contributed by atoms with Crippen LogP contribution >= 0.6 is 10.7 Å². The van der Waals surface area contributed by atoms with Crippen LogP contribution in [0.15, 0.2) is 17.0 Å². The summed E-state index contributed by atoms with van der Waals surface area (Å²) in [5, 5.41) is 2.69. The summed E-state index contributed by atoms with van der Waals surface area (Å²) >= 11 is 0. The molecule has 7 heteroatoms. The maximum absolute atomic E-state index is 12.1. The van der Waals surface area contributed by atoms with Gasteiger partial charge in [0.2, 0.25) is 0 Å². The second-order valence-corrected chi connectivity index (χ2v) is 7.17. The summed E-state index contributed by atoms with van der Waals surface area (Å²) in [6, 6.07) is 2.74. The Hall–Kier alpha value is -1.11. The highest BCUT2D eigenvalue weighted by Gasteiger charge is 2.18. The molecule has 0 saturated heterocycles. The van der Waals surface area contributed by atoms with Gasteiger partial charge in [-0.25, -0.2) is 8.42 Å². The Morgan fingerprint density at radius 1 is 1.40 bits per heavy atom. The van der Waals surface area contributed by atoms with Gasteiger partial charge in [-0.2, -0.15) is 0 Å². The second kappa shape index (κ2) is 6.56. The van der Waals surface area contributed by atoms with Gasteiger partial charge >= 0.3 is 0 Å². The minimum absolute atomic E-state index is 0.0767. The molecule has 0 aliphatic carbocycles. The van der Waals surface area contributed by atoms with E-state index in [1.54, 1.807) is 21.0 Å². The molecule has 5 nitrogen and oxygen atoms in total. The highest BCUT2D eigenvalue weighted by molar-refractivity contribution is 8.13. The predicted octanol–water partition coefficient (Wildman–Crippen LogP) is 2.00. The molecule has 1 aromatic rings.